The number of nitrogens with zero attached hydrogens (tertiary/aromatic N) is 7. The highest BCUT2D eigenvalue weighted by Gasteiger charge is 2.54. The van der Waals surface area contributed by atoms with Gasteiger partial charge in [0.25, 0.3) is 11.8 Å². The Hall–Kier alpha value is -5.78. The van der Waals surface area contributed by atoms with Crippen molar-refractivity contribution in [3.05, 3.63) is 142 Å². The number of fused-ring (bicyclic) bond motifs is 1. The molecule has 0 spiro atoms. The molecule has 58 heavy (non-hydrogen) atoms. The molecule has 5 aromatic rings. The second-order valence-corrected chi connectivity index (χ2v) is 17.1. The maximum Gasteiger partial charge on any atom is 0.356 e. The normalized spacial score (nSPS) is 17.2. The molecule has 298 valence electrons. The van der Waals surface area contributed by atoms with Gasteiger partial charge in [0, 0.05) is 28.8 Å². The zero-order valence-corrected chi connectivity index (χ0v) is 34.8. The molecule has 2 amide bonds. The Morgan fingerprint density at radius 3 is 2.16 bits per heavy atom. The van der Waals surface area contributed by atoms with E-state index in [0.29, 0.717) is 26.7 Å². The fourth-order valence-electron chi connectivity index (χ4n) is 6.67. The van der Waals surface area contributed by atoms with Gasteiger partial charge < -0.3 is 20.2 Å². The van der Waals surface area contributed by atoms with Crippen molar-refractivity contribution < 1.29 is 24.0 Å². The molecule has 2 aromatic heterocycles. The van der Waals surface area contributed by atoms with E-state index in [1.54, 1.807) is 44.0 Å². The summed E-state index contributed by atoms with van der Waals surface area (Å²) in [4.78, 5) is 53.5. The number of amides is 2. The van der Waals surface area contributed by atoms with Crippen molar-refractivity contribution in [3.8, 4) is 0 Å². The Morgan fingerprint density at radius 2 is 1.60 bits per heavy atom. The van der Waals surface area contributed by atoms with E-state index in [4.69, 9.17) is 14.6 Å². The zero-order chi connectivity index (χ0) is 40.9. The first-order valence-corrected chi connectivity index (χ1v) is 21.1. The molecule has 14 nitrogen and oxygen atoms in total. The minimum atomic E-state index is -0.929. The van der Waals surface area contributed by atoms with Crippen LogP contribution >= 0.6 is 34.9 Å². The maximum atomic E-state index is 14.0. The van der Waals surface area contributed by atoms with Crippen LogP contribution in [0.4, 0.5) is 5.13 Å². The number of carbonyl (C=O) groups excluding carboxylic acids is 3. The van der Waals surface area contributed by atoms with Crippen LogP contribution < -0.4 is 10.6 Å². The summed E-state index contributed by atoms with van der Waals surface area (Å²) in [6, 6.07) is 28.9. The number of β-lactam (4-membered cyclic amide) rings is 1. The fourth-order valence-corrected chi connectivity index (χ4v) is 9.28. The lowest BCUT2D eigenvalue weighted by atomic mass is 9.77. The fraction of sp³-hybridized carbons (Fsp3) is 0.268. The second kappa shape index (κ2) is 17.4. The molecule has 2 N–H and O–H groups in total. The Kier molecular flexibility index (Phi) is 12.1. The first-order chi connectivity index (χ1) is 28.0. The number of thioether (sulfide) groups is 2. The van der Waals surface area contributed by atoms with Crippen LogP contribution in [-0.2, 0) is 36.5 Å². The van der Waals surface area contributed by atoms with E-state index in [0.717, 1.165) is 16.7 Å². The lowest BCUT2D eigenvalue weighted by Gasteiger charge is -2.50. The monoisotopic (exact) mass is 835 g/mol. The minimum absolute atomic E-state index is 0.103. The van der Waals surface area contributed by atoms with Crippen LogP contribution in [0.2, 0.25) is 0 Å². The smallest absolute Gasteiger partial charge is 0.356 e. The predicted octanol–water partition coefficient (Wildman–Crippen LogP) is 5.77. The molecule has 2 atom stereocenters. The van der Waals surface area contributed by atoms with Gasteiger partial charge in [-0.25, -0.2) is 14.5 Å². The van der Waals surface area contributed by atoms with Gasteiger partial charge in [-0.05, 0) is 54.0 Å². The van der Waals surface area contributed by atoms with E-state index in [2.05, 4.69) is 67.7 Å². The van der Waals surface area contributed by atoms with Gasteiger partial charge in [0.05, 0.1) is 6.04 Å². The number of oxime groups is 1. The van der Waals surface area contributed by atoms with Gasteiger partial charge >= 0.3 is 5.97 Å². The van der Waals surface area contributed by atoms with E-state index >= 15 is 0 Å². The lowest BCUT2D eigenvalue weighted by molar-refractivity contribution is -0.160. The van der Waals surface area contributed by atoms with Crippen molar-refractivity contribution in [1.29, 1.82) is 0 Å². The summed E-state index contributed by atoms with van der Waals surface area (Å²) in [6.07, 6.45) is 3.68. The van der Waals surface area contributed by atoms with E-state index in [1.807, 2.05) is 60.7 Å². The SMILES string of the molecule is CON=C(C(=O)NC1C(=O)N2C(C(=O)OC(C)(C)C)=C(C=CCSc3nnnn3C)SCC12)c1csc(NC(c2ccccc2)(c2ccccc2)c2ccccc2)n1. The van der Waals surface area contributed by atoms with Gasteiger partial charge in [0.1, 0.15) is 35.7 Å². The Bertz CT molecular complexity index is 2260. The molecule has 2 unspecified atom stereocenters. The summed E-state index contributed by atoms with van der Waals surface area (Å²) in [5.41, 5.74) is 1.60. The number of thiazole rings is 1. The highest BCUT2D eigenvalue weighted by Crippen LogP contribution is 2.42. The van der Waals surface area contributed by atoms with Crippen LogP contribution in [0.3, 0.4) is 0 Å². The third-order valence-electron chi connectivity index (χ3n) is 9.20. The van der Waals surface area contributed by atoms with Crippen molar-refractivity contribution in [2.45, 2.75) is 49.2 Å². The van der Waals surface area contributed by atoms with Gasteiger partial charge in [-0.1, -0.05) is 114 Å². The molecule has 1 fully saturated rings. The average Bonchev–Trinajstić information content (AvgIpc) is 3.87. The summed E-state index contributed by atoms with van der Waals surface area (Å²) in [7, 11) is 3.09. The number of rotatable bonds is 14. The van der Waals surface area contributed by atoms with E-state index in [-0.39, 0.29) is 17.1 Å². The standard InChI is InChI=1S/C41H41N9O5S3/c1-40(2,3)55-37(53)34-31(22-15-23-56-39-45-47-48-49(39)4)57-25-30-33(36(52)50(30)34)43-35(51)32(46-54-5)29-24-58-38(42-29)44-41(26-16-9-6-10-17-26,27-18-11-7-12-19-27)28-20-13-8-14-21-28/h6-22,24,30,33H,23,25H2,1-5H3,(H,42,44)(H,43,51). The van der Waals surface area contributed by atoms with Gasteiger partial charge in [0.15, 0.2) is 10.8 Å². The largest absolute Gasteiger partial charge is 0.455 e. The number of esters is 1. The summed E-state index contributed by atoms with van der Waals surface area (Å²) in [5.74, 6) is -0.775. The number of carbonyl (C=O) groups is 3. The van der Waals surface area contributed by atoms with Gasteiger partial charge in [0.2, 0.25) is 5.16 Å². The molecule has 4 heterocycles. The number of hydrogen-bond donors (Lipinski definition) is 2. The minimum Gasteiger partial charge on any atom is -0.455 e. The van der Waals surface area contributed by atoms with Crippen LogP contribution in [0, 0.1) is 0 Å². The second-order valence-electron chi connectivity index (χ2n) is 14.2. The van der Waals surface area contributed by atoms with E-state index < -0.39 is 41.0 Å². The average molecular weight is 836 g/mol. The summed E-state index contributed by atoms with van der Waals surface area (Å²) in [5, 5.41) is 25.0. The molecular formula is C41H41N9O5S3. The molecule has 0 bridgehead atoms. The van der Waals surface area contributed by atoms with Crippen molar-refractivity contribution >= 4 is 63.5 Å². The highest BCUT2D eigenvalue weighted by molar-refractivity contribution is 8.03. The van der Waals surface area contributed by atoms with Crippen LogP contribution in [0.15, 0.2) is 129 Å². The molecule has 17 heteroatoms. The number of aryl methyl sites for hydroxylation is 1. The summed E-state index contributed by atoms with van der Waals surface area (Å²) in [6.45, 7) is 5.30. The molecule has 0 aliphatic carbocycles. The Balaban J connectivity index is 1.12. The molecule has 0 saturated carbocycles. The van der Waals surface area contributed by atoms with Gasteiger partial charge in [-0.3, -0.25) is 14.5 Å². The third kappa shape index (κ3) is 8.42. The van der Waals surface area contributed by atoms with Crippen LogP contribution in [0.1, 0.15) is 43.2 Å². The number of allylic oxidation sites excluding steroid dienone is 1. The highest BCUT2D eigenvalue weighted by atomic mass is 32.2. The molecule has 1 saturated heterocycles. The van der Waals surface area contributed by atoms with Gasteiger partial charge in [-0.2, -0.15) is 0 Å². The maximum absolute atomic E-state index is 14.0. The number of tetrazole rings is 1. The predicted molar refractivity (Wildman–Crippen MR) is 225 cm³/mol. The van der Waals surface area contributed by atoms with E-state index in [9.17, 15) is 14.4 Å². The van der Waals surface area contributed by atoms with Gasteiger partial charge in [-0.15, -0.1) is 28.2 Å². The van der Waals surface area contributed by atoms with Crippen molar-refractivity contribution in [1.82, 2.24) is 35.4 Å². The summed E-state index contributed by atoms with van der Waals surface area (Å²) >= 11 is 4.15. The first-order valence-electron chi connectivity index (χ1n) is 18.3. The molecule has 2 aliphatic rings. The van der Waals surface area contributed by atoms with Crippen molar-refractivity contribution in [3.63, 3.8) is 0 Å². The van der Waals surface area contributed by atoms with Crippen LogP contribution in [0.25, 0.3) is 0 Å². The molecular weight excluding hydrogens is 795 g/mol. The Morgan fingerprint density at radius 1 is 0.983 bits per heavy atom. The zero-order valence-electron chi connectivity index (χ0n) is 32.4. The number of benzene rings is 3. The third-order valence-corrected chi connectivity index (χ3v) is 12.1. The molecule has 3 aromatic carbocycles. The van der Waals surface area contributed by atoms with Crippen molar-refractivity contribution in [2.75, 3.05) is 23.9 Å². The van der Waals surface area contributed by atoms with Crippen LogP contribution in [-0.4, -0.2) is 89.9 Å². The molecule has 7 rings (SSSR count). The molecule has 0 radical (unpaired) electrons. The molecule has 2 aliphatic heterocycles. The topological polar surface area (TPSA) is 166 Å². The first kappa shape index (κ1) is 40.4. The van der Waals surface area contributed by atoms with Crippen molar-refractivity contribution in [2.24, 2.45) is 12.2 Å². The quantitative estimate of drug-likeness (QED) is 0.0347. The lowest BCUT2D eigenvalue weighted by Crippen LogP contribution is -2.73. The number of hydrogen-bond acceptors (Lipinski definition) is 14. The summed E-state index contributed by atoms with van der Waals surface area (Å²) < 4.78 is 7.31. The Labute approximate surface area is 348 Å². The van der Waals surface area contributed by atoms with E-state index in [1.165, 1.54) is 46.9 Å². The number of aromatic nitrogens is 5. The van der Waals surface area contributed by atoms with Crippen LogP contribution in [0.5, 0.6) is 0 Å². The number of ether oxygens (including phenoxy) is 1. The number of nitrogens with one attached hydrogen (secondary N) is 2. The number of anilines is 1.